The van der Waals surface area contributed by atoms with Gasteiger partial charge < -0.3 is 15.7 Å². The van der Waals surface area contributed by atoms with Crippen molar-refractivity contribution in [2.45, 2.75) is 31.7 Å². The molecule has 5 heteroatoms. The number of carboxylic acids is 1. The molecule has 0 aromatic heterocycles. The second-order valence-corrected chi connectivity index (χ2v) is 4.74. The lowest BCUT2D eigenvalue weighted by Gasteiger charge is -2.34. The molecule has 1 aliphatic rings. The van der Waals surface area contributed by atoms with Crippen molar-refractivity contribution in [1.29, 1.82) is 0 Å². The number of amides is 1. The molecule has 0 bridgehead atoms. The molecular formula is C14H18N2O3. The van der Waals surface area contributed by atoms with Crippen molar-refractivity contribution < 1.29 is 14.7 Å². The van der Waals surface area contributed by atoms with E-state index in [0.717, 1.165) is 0 Å². The normalized spacial score (nSPS) is 19.7. The van der Waals surface area contributed by atoms with Crippen molar-refractivity contribution in [3.63, 3.8) is 0 Å². The molecule has 1 heterocycles. The maximum absolute atomic E-state index is 12.2. The number of aliphatic carboxylic acids is 1. The van der Waals surface area contributed by atoms with Gasteiger partial charge in [0.25, 0.3) is 0 Å². The van der Waals surface area contributed by atoms with E-state index in [0.29, 0.717) is 30.6 Å². The van der Waals surface area contributed by atoms with E-state index in [4.69, 9.17) is 5.73 Å². The highest BCUT2D eigenvalue weighted by molar-refractivity contribution is 5.99. The molecule has 1 aliphatic heterocycles. The van der Waals surface area contributed by atoms with E-state index in [-0.39, 0.29) is 5.91 Å². The van der Waals surface area contributed by atoms with Crippen LogP contribution in [-0.4, -0.2) is 29.6 Å². The molecule has 5 nitrogen and oxygen atoms in total. The topological polar surface area (TPSA) is 83.6 Å². The summed E-state index contributed by atoms with van der Waals surface area (Å²) < 4.78 is 0. The Balaban J connectivity index is 2.38. The summed E-state index contributed by atoms with van der Waals surface area (Å²) in [4.78, 5) is 25.1. The standard InChI is InChI=1S/C14H18N2O3/c1-2-11(15)13(17)16-8-7-10(14(18)19)9-5-3-4-6-12(9)16/h3-6,10-11H,2,7-8,15H2,1H3,(H,18,19). The molecule has 1 aromatic carbocycles. The number of hydrogen-bond acceptors (Lipinski definition) is 3. The van der Waals surface area contributed by atoms with E-state index in [2.05, 4.69) is 0 Å². The molecule has 0 fully saturated rings. The SMILES string of the molecule is CCC(N)C(=O)N1CCC(C(=O)O)c2ccccc21. The van der Waals surface area contributed by atoms with Gasteiger partial charge >= 0.3 is 5.97 Å². The van der Waals surface area contributed by atoms with Crippen LogP contribution in [0.2, 0.25) is 0 Å². The molecule has 19 heavy (non-hydrogen) atoms. The van der Waals surface area contributed by atoms with Crippen molar-refractivity contribution in [2.75, 3.05) is 11.4 Å². The summed E-state index contributed by atoms with van der Waals surface area (Å²) in [6, 6.07) is 6.62. The minimum Gasteiger partial charge on any atom is -0.481 e. The Morgan fingerprint density at radius 2 is 2.16 bits per heavy atom. The lowest BCUT2D eigenvalue weighted by Crippen LogP contribution is -2.46. The zero-order chi connectivity index (χ0) is 14.0. The summed E-state index contributed by atoms with van der Waals surface area (Å²) in [5, 5.41) is 9.24. The molecule has 1 aromatic rings. The van der Waals surface area contributed by atoms with E-state index in [1.54, 1.807) is 29.2 Å². The summed E-state index contributed by atoms with van der Waals surface area (Å²) in [5.74, 6) is -1.53. The van der Waals surface area contributed by atoms with Crippen LogP contribution in [0.15, 0.2) is 24.3 Å². The van der Waals surface area contributed by atoms with Gasteiger partial charge in [-0.15, -0.1) is 0 Å². The van der Waals surface area contributed by atoms with E-state index < -0.39 is 17.9 Å². The summed E-state index contributed by atoms with van der Waals surface area (Å²) in [6.45, 7) is 2.26. The van der Waals surface area contributed by atoms with Crippen LogP contribution in [0, 0.1) is 0 Å². The second-order valence-electron chi connectivity index (χ2n) is 4.74. The highest BCUT2D eigenvalue weighted by Crippen LogP contribution is 2.35. The van der Waals surface area contributed by atoms with Crippen molar-refractivity contribution in [3.8, 4) is 0 Å². The molecule has 2 atom stereocenters. The Labute approximate surface area is 112 Å². The minimum atomic E-state index is -0.848. The molecule has 2 unspecified atom stereocenters. The van der Waals surface area contributed by atoms with Gasteiger partial charge in [-0.1, -0.05) is 25.1 Å². The number of rotatable bonds is 3. The number of carbonyl (C=O) groups excluding carboxylic acids is 1. The Bertz CT molecular complexity index is 501. The predicted octanol–water partition coefficient (Wildman–Crippen LogP) is 1.33. The van der Waals surface area contributed by atoms with E-state index in [1.807, 2.05) is 6.92 Å². The molecule has 0 spiro atoms. The van der Waals surface area contributed by atoms with Crippen molar-refractivity contribution in [1.82, 2.24) is 0 Å². The zero-order valence-electron chi connectivity index (χ0n) is 10.9. The monoisotopic (exact) mass is 262 g/mol. The van der Waals surface area contributed by atoms with Crippen LogP contribution in [0.1, 0.15) is 31.2 Å². The number of carbonyl (C=O) groups is 2. The van der Waals surface area contributed by atoms with Gasteiger partial charge in [0.05, 0.1) is 12.0 Å². The van der Waals surface area contributed by atoms with Gasteiger partial charge in [-0.3, -0.25) is 9.59 Å². The average molecular weight is 262 g/mol. The Hall–Kier alpha value is -1.88. The molecule has 0 radical (unpaired) electrons. The smallest absolute Gasteiger partial charge is 0.311 e. The summed E-state index contributed by atoms with van der Waals surface area (Å²) in [7, 11) is 0. The van der Waals surface area contributed by atoms with Crippen LogP contribution in [-0.2, 0) is 9.59 Å². The number of carboxylic acid groups (broad SMARTS) is 1. The third kappa shape index (κ3) is 2.46. The number of nitrogens with zero attached hydrogens (tertiary/aromatic N) is 1. The Morgan fingerprint density at radius 1 is 1.47 bits per heavy atom. The first-order valence-electron chi connectivity index (χ1n) is 6.45. The van der Waals surface area contributed by atoms with Gasteiger partial charge in [0.1, 0.15) is 0 Å². The van der Waals surface area contributed by atoms with Crippen molar-refractivity contribution in [2.24, 2.45) is 5.73 Å². The number of benzene rings is 1. The maximum Gasteiger partial charge on any atom is 0.311 e. The second kappa shape index (κ2) is 5.40. The molecule has 0 aliphatic carbocycles. The first-order chi connectivity index (χ1) is 9.06. The van der Waals surface area contributed by atoms with Crippen LogP contribution in [0.25, 0.3) is 0 Å². The van der Waals surface area contributed by atoms with E-state index in [1.165, 1.54) is 0 Å². The van der Waals surface area contributed by atoms with Gasteiger partial charge in [0.15, 0.2) is 0 Å². The van der Waals surface area contributed by atoms with Crippen LogP contribution in [0.4, 0.5) is 5.69 Å². The first-order valence-corrected chi connectivity index (χ1v) is 6.45. The van der Waals surface area contributed by atoms with Crippen molar-refractivity contribution >= 4 is 17.6 Å². The lowest BCUT2D eigenvalue weighted by atomic mass is 9.89. The number of fused-ring (bicyclic) bond motifs is 1. The molecule has 0 saturated carbocycles. The van der Waals surface area contributed by atoms with Gasteiger partial charge in [-0.25, -0.2) is 0 Å². The quantitative estimate of drug-likeness (QED) is 0.860. The van der Waals surface area contributed by atoms with Gasteiger partial charge in [-0.05, 0) is 24.5 Å². The average Bonchev–Trinajstić information content (AvgIpc) is 2.44. The van der Waals surface area contributed by atoms with Gasteiger partial charge in [0, 0.05) is 12.2 Å². The molecular weight excluding hydrogens is 244 g/mol. The molecule has 0 saturated heterocycles. The predicted molar refractivity (Wildman–Crippen MR) is 72.1 cm³/mol. The third-order valence-corrected chi connectivity index (χ3v) is 3.57. The third-order valence-electron chi connectivity index (χ3n) is 3.57. The van der Waals surface area contributed by atoms with Crippen LogP contribution in [0.5, 0.6) is 0 Å². The highest BCUT2D eigenvalue weighted by atomic mass is 16.4. The molecule has 3 N–H and O–H groups in total. The van der Waals surface area contributed by atoms with E-state index >= 15 is 0 Å². The number of anilines is 1. The minimum absolute atomic E-state index is 0.140. The van der Waals surface area contributed by atoms with E-state index in [9.17, 15) is 14.7 Å². The molecule has 102 valence electrons. The van der Waals surface area contributed by atoms with Crippen LogP contribution >= 0.6 is 0 Å². The first kappa shape index (κ1) is 13.5. The Morgan fingerprint density at radius 3 is 2.79 bits per heavy atom. The largest absolute Gasteiger partial charge is 0.481 e. The Kier molecular flexibility index (Phi) is 3.85. The number of nitrogens with two attached hydrogens (primary N) is 1. The maximum atomic E-state index is 12.2. The van der Waals surface area contributed by atoms with Crippen LogP contribution < -0.4 is 10.6 Å². The fourth-order valence-electron chi connectivity index (χ4n) is 2.42. The molecule has 1 amide bonds. The number of hydrogen-bond donors (Lipinski definition) is 2. The van der Waals surface area contributed by atoms with Crippen molar-refractivity contribution in [3.05, 3.63) is 29.8 Å². The highest BCUT2D eigenvalue weighted by Gasteiger charge is 2.33. The fourth-order valence-corrected chi connectivity index (χ4v) is 2.42. The van der Waals surface area contributed by atoms with Gasteiger partial charge in [0.2, 0.25) is 5.91 Å². The summed E-state index contributed by atoms with van der Waals surface area (Å²) in [5.41, 5.74) is 7.16. The summed E-state index contributed by atoms with van der Waals surface area (Å²) in [6.07, 6.45) is 0.994. The number of para-hydroxylation sites is 1. The molecule has 2 rings (SSSR count). The van der Waals surface area contributed by atoms with Gasteiger partial charge in [-0.2, -0.15) is 0 Å². The fraction of sp³-hybridized carbons (Fsp3) is 0.429. The zero-order valence-corrected chi connectivity index (χ0v) is 10.9. The van der Waals surface area contributed by atoms with Crippen LogP contribution in [0.3, 0.4) is 0 Å². The summed E-state index contributed by atoms with van der Waals surface area (Å²) >= 11 is 0. The lowest BCUT2D eigenvalue weighted by molar-refractivity contribution is -0.139.